The fourth-order valence-corrected chi connectivity index (χ4v) is 2.76. The van der Waals surface area contributed by atoms with Crippen LogP contribution in [0.25, 0.3) is 0 Å². The molecule has 12 nitrogen and oxygen atoms in total. The van der Waals surface area contributed by atoms with Crippen LogP contribution in [0.3, 0.4) is 0 Å². The molecule has 0 aliphatic carbocycles. The number of amides is 3. The molecular formula is C19H26N4O8S. The molecule has 4 unspecified atom stereocenters. The summed E-state index contributed by atoms with van der Waals surface area (Å²) in [5, 5.41) is 33.7. The monoisotopic (exact) mass is 470 g/mol. The van der Waals surface area contributed by atoms with Crippen molar-refractivity contribution in [3.63, 3.8) is 0 Å². The van der Waals surface area contributed by atoms with Crippen molar-refractivity contribution in [3.8, 4) is 5.75 Å². The number of thiol groups is 1. The molecule has 0 saturated heterocycles. The van der Waals surface area contributed by atoms with Crippen LogP contribution in [0.15, 0.2) is 24.3 Å². The van der Waals surface area contributed by atoms with Gasteiger partial charge in [0.15, 0.2) is 0 Å². The topological polar surface area (TPSA) is 208 Å². The summed E-state index contributed by atoms with van der Waals surface area (Å²) in [6, 6.07) is 1.06. The molecule has 0 aromatic heterocycles. The van der Waals surface area contributed by atoms with E-state index in [-0.39, 0.29) is 17.9 Å². The normalized spacial score (nSPS) is 14.3. The lowest BCUT2D eigenvalue weighted by Gasteiger charge is -2.22. The molecule has 0 heterocycles. The minimum absolute atomic E-state index is 0.0642. The fraction of sp³-hybridized carbons (Fsp3) is 0.421. The van der Waals surface area contributed by atoms with Crippen molar-refractivity contribution in [2.24, 2.45) is 5.73 Å². The van der Waals surface area contributed by atoms with Crippen molar-refractivity contribution in [2.75, 3.05) is 5.75 Å². The minimum atomic E-state index is -1.67. The maximum atomic E-state index is 12.4. The lowest BCUT2D eigenvalue weighted by Crippen LogP contribution is -2.57. The minimum Gasteiger partial charge on any atom is -0.508 e. The second-order valence-electron chi connectivity index (χ2n) is 6.95. The number of nitrogens with two attached hydrogens (primary N) is 1. The van der Waals surface area contributed by atoms with Gasteiger partial charge in [0.2, 0.25) is 17.7 Å². The molecule has 1 aromatic rings. The summed E-state index contributed by atoms with van der Waals surface area (Å²) in [4.78, 5) is 58.6. The summed E-state index contributed by atoms with van der Waals surface area (Å²) < 4.78 is 0. The number of aliphatic carboxylic acids is 2. The summed E-state index contributed by atoms with van der Waals surface area (Å²) in [5.41, 5.74) is 6.56. The number of benzene rings is 1. The third kappa shape index (κ3) is 8.81. The molecule has 0 fully saturated rings. The summed E-state index contributed by atoms with van der Waals surface area (Å²) in [7, 11) is 0. The van der Waals surface area contributed by atoms with Gasteiger partial charge < -0.3 is 37.0 Å². The number of carboxylic acid groups (broad SMARTS) is 2. The molecule has 8 N–H and O–H groups in total. The van der Waals surface area contributed by atoms with Gasteiger partial charge in [-0.3, -0.25) is 19.2 Å². The van der Waals surface area contributed by atoms with Crippen molar-refractivity contribution < 1.29 is 39.3 Å². The van der Waals surface area contributed by atoms with Crippen LogP contribution in [-0.4, -0.2) is 74.9 Å². The average Bonchev–Trinajstić information content (AvgIpc) is 2.72. The first-order chi connectivity index (χ1) is 14.9. The maximum Gasteiger partial charge on any atom is 0.326 e. The number of carboxylic acids is 2. The number of hydrogen-bond donors (Lipinski definition) is 8. The van der Waals surface area contributed by atoms with E-state index in [1.807, 2.05) is 5.32 Å². The molecular weight excluding hydrogens is 444 g/mol. The smallest absolute Gasteiger partial charge is 0.326 e. The third-order valence-corrected chi connectivity index (χ3v) is 4.65. The SMILES string of the molecule is CC(NC(=O)C(CS)NC(=O)C(N)Cc1ccc(O)cc1)C(=O)NC(CC(=O)O)C(=O)O. The van der Waals surface area contributed by atoms with E-state index >= 15 is 0 Å². The highest BCUT2D eigenvalue weighted by Crippen LogP contribution is 2.11. The highest BCUT2D eigenvalue weighted by molar-refractivity contribution is 7.80. The van der Waals surface area contributed by atoms with E-state index in [1.54, 1.807) is 12.1 Å². The van der Waals surface area contributed by atoms with Gasteiger partial charge in [-0.15, -0.1) is 0 Å². The number of aromatic hydroxyl groups is 1. The molecule has 3 amide bonds. The van der Waals surface area contributed by atoms with Crippen LogP contribution in [0.4, 0.5) is 0 Å². The molecule has 0 spiro atoms. The molecule has 0 bridgehead atoms. The van der Waals surface area contributed by atoms with Crippen LogP contribution < -0.4 is 21.7 Å². The lowest BCUT2D eigenvalue weighted by atomic mass is 10.1. The van der Waals surface area contributed by atoms with Gasteiger partial charge in [-0.2, -0.15) is 12.6 Å². The highest BCUT2D eigenvalue weighted by Gasteiger charge is 2.28. The predicted molar refractivity (Wildman–Crippen MR) is 115 cm³/mol. The van der Waals surface area contributed by atoms with Gasteiger partial charge in [0.05, 0.1) is 12.5 Å². The average molecular weight is 471 g/mol. The van der Waals surface area contributed by atoms with Crippen LogP contribution in [0.2, 0.25) is 0 Å². The van der Waals surface area contributed by atoms with Gasteiger partial charge in [0.1, 0.15) is 23.9 Å². The molecule has 0 saturated carbocycles. The Kier molecular flexibility index (Phi) is 10.4. The van der Waals surface area contributed by atoms with E-state index in [9.17, 15) is 29.1 Å². The van der Waals surface area contributed by atoms with Gasteiger partial charge in [0.25, 0.3) is 0 Å². The van der Waals surface area contributed by atoms with Crippen molar-refractivity contribution in [2.45, 2.75) is 43.9 Å². The van der Waals surface area contributed by atoms with Crippen LogP contribution in [0.5, 0.6) is 5.75 Å². The Morgan fingerprint density at radius 1 is 0.938 bits per heavy atom. The van der Waals surface area contributed by atoms with E-state index in [2.05, 4.69) is 23.3 Å². The number of phenolic OH excluding ortho intramolecular Hbond substituents is 1. The first-order valence-corrected chi connectivity index (χ1v) is 10.1. The number of carbonyl (C=O) groups excluding carboxylic acids is 3. The van der Waals surface area contributed by atoms with E-state index in [0.29, 0.717) is 5.56 Å². The maximum absolute atomic E-state index is 12.4. The first-order valence-electron chi connectivity index (χ1n) is 9.44. The number of carbonyl (C=O) groups is 5. The Morgan fingerprint density at radius 2 is 1.50 bits per heavy atom. The van der Waals surface area contributed by atoms with E-state index in [4.69, 9.17) is 15.9 Å². The quantitative estimate of drug-likeness (QED) is 0.162. The molecule has 0 radical (unpaired) electrons. The Hall–Kier alpha value is -3.32. The molecule has 4 atom stereocenters. The summed E-state index contributed by atoms with van der Waals surface area (Å²) in [5.74, 6) is -5.34. The number of hydrogen-bond acceptors (Lipinski definition) is 8. The number of rotatable bonds is 12. The largest absolute Gasteiger partial charge is 0.508 e. The Labute approximate surface area is 189 Å². The van der Waals surface area contributed by atoms with E-state index in [1.165, 1.54) is 19.1 Å². The fourth-order valence-electron chi connectivity index (χ4n) is 2.50. The predicted octanol–water partition coefficient (Wildman–Crippen LogP) is -1.77. The summed E-state index contributed by atoms with van der Waals surface area (Å²) in [6.45, 7) is 1.26. The molecule has 1 rings (SSSR count). The van der Waals surface area contributed by atoms with Crippen molar-refractivity contribution >= 4 is 42.3 Å². The zero-order valence-corrected chi connectivity index (χ0v) is 18.0. The number of nitrogens with one attached hydrogen (secondary N) is 3. The lowest BCUT2D eigenvalue weighted by molar-refractivity contribution is -0.147. The highest BCUT2D eigenvalue weighted by atomic mass is 32.1. The van der Waals surface area contributed by atoms with E-state index in [0.717, 1.165) is 0 Å². The molecule has 0 aliphatic heterocycles. The molecule has 0 aliphatic rings. The van der Waals surface area contributed by atoms with Crippen LogP contribution in [0.1, 0.15) is 18.9 Å². The molecule has 1 aromatic carbocycles. The van der Waals surface area contributed by atoms with Gasteiger partial charge in [-0.25, -0.2) is 4.79 Å². The van der Waals surface area contributed by atoms with Gasteiger partial charge >= 0.3 is 11.9 Å². The second-order valence-corrected chi connectivity index (χ2v) is 7.31. The van der Waals surface area contributed by atoms with Crippen LogP contribution in [0, 0.1) is 0 Å². The Morgan fingerprint density at radius 3 is 2.00 bits per heavy atom. The Bertz CT molecular complexity index is 848. The van der Waals surface area contributed by atoms with Gasteiger partial charge in [-0.1, -0.05) is 12.1 Å². The third-order valence-electron chi connectivity index (χ3n) is 4.29. The van der Waals surface area contributed by atoms with Crippen molar-refractivity contribution in [3.05, 3.63) is 29.8 Å². The van der Waals surface area contributed by atoms with Crippen LogP contribution in [-0.2, 0) is 30.4 Å². The number of phenols is 1. The Balaban J connectivity index is 2.65. The van der Waals surface area contributed by atoms with E-state index < -0.39 is 60.2 Å². The molecule has 176 valence electrons. The zero-order valence-electron chi connectivity index (χ0n) is 17.1. The molecule has 32 heavy (non-hydrogen) atoms. The zero-order chi connectivity index (χ0) is 24.4. The second kappa shape index (κ2) is 12.5. The van der Waals surface area contributed by atoms with Crippen molar-refractivity contribution in [1.82, 2.24) is 16.0 Å². The first kappa shape index (κ1) is 26.7. The molecule has 13 heteroatoms. The standard InChI is InChI=1S/C19H26N4O8S/c1-9(16(27)22-13(19(30)31)7-15(25)26)21-18(29)14(8-32)23-17(28)12(20)6-10-2-4-11(24)5-3-10/h2-5,9,12-14,24,32H,6-8,20H2,1H3,(H,21,29)(H,22,27)(H,23,28)(H,25,26)(H,30,31). The van der Waals surface area contributed by atoms with Gasteiger partial charge in [0, 0.05) is 5.75 Å². The van der Waals surface area contributed by atoms with Crippen molar-refractivity contribution in [1.29, 1.82) is 0 Å². The summed E-state index contributed by atoms with van der Waals surface area (Å²) >= 11 is 4.01. The van der Waals surface area contributed by atoms with Gasteiger partial charge in [-0.05, 0) is 31.0 Å². The van der Waals surface area contributed by atoms with Crippen LogP contribution >= 0.6 is 12.6 Å². The summed E-state index contributed by atoms with van der Waals surface area (Å²) in [6.07, 6.45) is -0.692.